The topological polar surface area (TPSA) is 65.0 Å². The number of aromatic nitrogens is 2. The van der Waals surface area contributed by atoms with Crippen LogP contribution >= 0.6 is 0 Å². The molecule has 1 amide bonds. The van der Waals surface area contributed by atoms with Crippen LogP contribution in [0.25, 0.3) is 0 Å². The molecule has 3 aliphatic heterocycles. The number of nitrogens with zero attached hydrogens (tertiary/aromatic N) is 6. The molecule has 3 aliphatic rings. The van der Waals surface area contributed by atoms with Gasteiger partial charge in [-0.1, -0.05) is 0 Å². The van der Waals surface area contributed by atoms with Crippen LogP contribution in [0.3, 0.4) is 0 Å². The first-order chi connectivity index (χ1) is 13.2. The molecule has 0 radical (unpaired) electrons. The zero-order valence-electron chi connectivity index (χ0n) is 16.3. The van der Waals surface area contributed by atoms with Crippen LogP contribution in [0.5, 0.6) is 0 Å². The number of carbonyl (C=O) groups excluding carboxylic acids is 1. The number of amides is 1. The van der Waals surface area contributed by atoms with Crippen molar-refractivity contribution in [2.75, 3.05) is 81.9 Å². The number of anilines is 2. The summed E-state index contributed by atoms with van der Waals surface area (Å²) in [4.78, 5) is 30.7. The molecule has 0 unspecified atom stereocenters. The summed E-state index contributed by atoms with van der Waals surface area (Å²) >= 11 is 0. The van der Waals surface area contributed by atoms with E-state index in [0.717, 1.165) is 69.8 Å². The third-order valence-electron chi connectivity index (χ3n) is 5.64. The molecule has 3 fully saturated rings. The number of piperazine rings is 1. The van der Waals surface area contributed by atoms with E-state index >= 15 is 0 Å². The largest absolute Gasteiger partial charge is 0.378 e. The van der Waals surface area contributed by atoms with Gasteiger partial charge in [-0.25, -0.2) is 4.98 Å². The molecule has 148 valence electrons. The smallest absolute Gasteiger partial charge is 0.236 e. The van der Waals surface area contributed by atoms with E-state index in [0.29, 0.717) is 19.8 Å². The fraction of sp³-hybridized carbons (Fsp3) is 0.737. The zero-order valence-corrected chi connectivity index (χ0v) is 16.3. The zero-order chi connectivity index (χ0) is 18.6. The number of ether oxygens (including phenoxy) is 1. The minimum Gasteiger partial charge on any atom is -0.378 e. The molecule has 0 aromatic carbocycles. The van der Waals surface area contributed by atoms with Gasteiger partial charge in [0, 0.05) is 64.1 Å². The number of aryl methyl sites for hydroxylation is 1. The molecule has 3 saturated heterocycles. The molecule has 0 saturated carbocycles. The molecular formula is C19H30N6O2. The van der Waals surface area contributed by atoms with Crippen LogP contribution in [0.15, 0.2) is 6.07 Å². The molecule has 0 aliphatic carbocycles. The molecule has 4 rings (SSSR count). The summed E-state index contributed by atoms with van der Waals surface area (Å²) in [6, 6.07) is 2.09. The van der Waals surface area contributed by atoms with Gasteiger partial charge in [-0.15, -0.1) is 0 Å². The molecule has 27 heavy (non-hydrogen) atoms. The molecule has 0 bridgehead atoms. The van der Waals surface area contributed by atoms with E-state index in [2.05, 4.69) is 25.8 Å². The van der Waals surface area contributed by atoms with Crippen LogP contribution in [0.4, 0.5) is 11.8 Å². The molecule has 8 nitrogen and oxygen atoms in total. The molecule has 4 heterocycles. The highest BCUT2D eigenvalue weighted by Gasteiger charge is 2.25. The van der Waals surface area contributed by atoms with Crippen molar-refractivity contribution in [1.29, 1.82) is 0 Å². The van der Waals surface area contributed by atoms with Crippen LogP contribution in [-0.4, -0.2) is 97.8 Å². The van der Waals surface area contributed by atoms with Crippen LogP contribution < -0.4 is 9.80 Å². The van der Waals surface area contributed by atoms with Crippen LogP contribution in [0.1, 0.15) is 18.5 Å². The van der Waals surface area contributed by atoms with Gasteiger partial charge in [0.15, 0.2) is 0 Å². The van der Waals surface area contributed by atoms with Gasteiger partial charge >= 0.3 is 0 Å². The highest BCUT2D eigenvalue weighted by atomic mass is 16.5. The number of morpholine rings is 1. The van der Waals surface area contributed by atoms with E-state index < -0.39 is 0 Å². The first kappa shape index (κ1) is 18.4. The standard InChI is InChI=1S/C19H30N6O2/c1-16-14-17(23-4-2-3-5-23)21-19(20-16)25-8-6-22(7-9-25)15-18(26)24-10-12-27-13-11-24/h14H,2-13,15H2,1H3. The highest BCUT2D eigenvalue weighted by molar-refractivity contribution is 5.78. The Hall–Kier alpha value is -1.93. The normalized spacial score (nSPS) is 21.7. The SMILES string of the molecule is Cc1cc(N2CCCC2)nc(N2CCN(CC(=O)N3CCOCC3)CC2)n1. The fourth-order valence-corrected chi connectivity index (χ4v) is 4.00. The fourth-order valence-electron chi connectivity index (χ4n) is 4.00. The summed E-state index contributed by atoms with van der Waals surface area (Å²) in [5.41, 5.74) is 1.02. The van der Waals surface area contributed by atoms with Gasteiger partial charge in [0.05, 0.1) is 19.8 Å². The van der Waals surface area contributed by atoms with Crippen LogP contribution in [0, 0.1) is 6.92 Å². The van der Waals surface area contributed by atoms with E-state index in [9.17, 15) is 4.79 Å². The van der Waals surface area contributed by atoms with Crippen molar-refractivity contribution in [3.05, 3.63) is 11.8 Å². The molecule has 0 spiro atoms. The second-order valence-corrected chi connectivity index (χ2v) is 7.62. The molecule has 8 heteroatoms. The van der Waals surface area contributed by atoms with Crippen molar-refractivity contribution in [3.63, 3.8) is 0 Å². The average Bonchev–Trinajstić information content (AvgIpc) is 3.24. The third kappa shape index (κ3) is 4.50. The number of rotatable bonds is 4. The summed E-state index contributed by atoms with van der Waals surface area (Å²) in [6.07, 6.45) is 2.49. The van der Waals surface area contributed by atoms with Crippen molar-refractivity contribution in [2.24, 2.45) is 0 Å². The monoisotopic (exact) mass is 374 g/mol. The van der Waals surface area contributed by atoms with Gasteiger partial charge in [0.25, 0.3) is 0 Å². The molecule has 1 aromatic heterocycles. The maximum absolute atomic E-state index is 12.4. The Morgan fingerprint density at radius 3 is 2.37 bits per heavy atom. The summed E-state index contributed by atoms with van der Waals surface area (Å²) in [5.74, 6) is 2.10. The second kappa shape index (κ2) is 8.39. The predicted molar refractivity (Wildman–Crippen MR) is 104 cm³/mol. The van der Waals surface area contributed by atoms with E-state index in [-0.39, 0.29) is 5.91 Å². The van der Waals surface area contributed by atoms with E-state index in [4.69, 9.17) is 9.72 Å². The molecule has 0 atom stereocenters. The van der Waals surface area contributed by atoms with Crippen LogP contribution in [0.2, 0.25) is 0 Å². The van der Waals surface area contributed by atoms with Gasteiger partial charge in [0.1, 0.15) is 5.82 Å². The van der Waals surface area contributed by atoms with Crippen molar-refractivity contribution in [3.8, 4) is 0 Å². The summed E-state index contributed by atoms with van der Waals surface area (Å²) in [5, 5.41) is 0. The molecule has 0 N–H and O–H groups in total. The highest BCUT2D eigenvalue weighted by Crippen LogP contribution is 2.22. The Kier molecular flexibility index (Phi) is 5.73. The lowest BCUT2D eigenvalue weighted by Crippen LogP contribution is -2.52. The van der Waals surface area contributed by atoms with E-state index in [1.807, 2.05) is 11.8 Å². The van der Waals surface area contributed by atoms with Crippen molar-refractivity contribution in [1.82, 2.24) is 19.8 Å². The minimum absolute atomic E-state index is 0.217. The Morgan fingerprint density at radius 2 is 1.67 bits per heavy atom. The predicted octanol–water partition coefficient (Wildman–Crippen LogP) is 0.366. The lowest BCUT2D eigenvalue weighted by molar-refractivity contribution is -0.136. The summed E-state index contributed by atoms with van der Waals surface area (Å²) < 4.78 is 5.33. The van der Waals surface area contributed by atoms with Gasteiger partial charge < -0.3 is 19.4 Å². The maximum atomic E-state index is 12.4. The molecular weight excluding hydrogens is 344 g/mol. The quantitative estimate of drug-likeness (QED) is 0.754. The lowest BCUT2D eigenvalue weighted by atomic mass is 10.3. The minimum atomic E-state index is 0.217. The van der Waals surface area contributed by atoms with Gasteiger partial charge in [-0.05, 0) is 19.8 Å². The number of hydrogen-bond donors (Lipinski definition) is 0. The lowest BCUT2D eigenvalue weighted by Gasteiger charge is -2.36. The Balaban J connectivity index is 1.33. The number of carbonyl (C=O) groups is 1. The Morgan fingerprint density at radius 1 is 0.963 bits per heavy atom. The summed E-state index contributed by atoms with van der Waals surface area (Å²) in [6.45, 7) is 10.9. The Bertz CT molecular complexity index is 650. The van der Waals surface area contributed by atoms with Crippen molar-refractivity contribution >= 4 is 17.7 Å². The second-order valence-electron chi connectivity index (χ2n) is 7.62. The summed E-state index contributed by atoms with van der Waals surface area (Å²) in [7, 11) is 0. The first-order valence-corrected chi connectivity index (χ1v) is 10.1. The average molecular weight is 374 g/mol. The number of hydrogen-bond acceptors (Lipinski definition) is 7. The van der Waals surface area contributed by atoms with Crippen molar-refractivity contribution < 1.29 is 9.53 Å². The van der Waals surface area contributed by atoms with E-state index in [1.165, 1.54) is 12.8 Å². The first-order valence-electron chi connectivity index (χ1n) is 10.1. The van der Waals surface area contributed by atoms with Gasteiger partial charge in [-0.2, -0.15) is 4.98 Å². The third-order valence-corrected chi connectivity index (χ3v) is 5.64. The van der Waals surface area contributed by atoms with Crippen molar-refractivity contribution in [2.45, 2.75) is 19.8 Å². The van der Waals surface area contributed by atoms with Crippen LogP contribution in [-0.2, 0) is 9.53 Å². The maximum Gasteiger partial charge on any atom is 0.236 e. The molecule has 1 aromatic rings. The Labute approximate surface area is 161 Å². The van der Waals surface area contributed by atoms with Gasteiger partial charge in [0.2, 0.25) is 11.9 Å². The van der Waals surface area contributed by atoms with E-state index in [1.54, 1.807) is 0 Å². The van der Waals surface area contributed by atoms with Gasteiger partial charge in [-0.3, -0.25) is 9.69 Å².